The SMILES string of the molecule is CN=C(NCCc1cccc(C(=O)N(C)C)c1)NCc1cccc(C(N)=O)c1. The third kappa shape index (κ3) is 6.12. The number of hydrogen-bond acceptors (Lipinski definition) is 3. The van der Waals surface area contributed by atoms with Crippen LogP contribution < -0.4 is 16.4 Å². The Balaban J connectivity index is 1.86. The highest BCUT2D eigenvalue weighted by Crippen LogP contribution is 2.08. The van der Waals surface area contributed by atoms with Crippen LogP contribution in [0.15, 0.2) is 53.5 Å². The van der Waals surface area contributed by atoms with Crippen molar-refractivity contribution >= 4 is 17.8 Å². The zero-order chi connectivity index (χ0) is 20.5. The predicted molar refractivity (Wildman–Crippen MR) is 111 cm³/mol. The van der Waals surface area contributed by atoms with Gasteiger partial charge in [-0.1, -0.05) is 24.3 Å². The molecule has 0 aliphatic carbocycles. The average Bonchev–Trinajstić information content (AvgIpc) is 2.70. The number of carbonyl (C=O) groups is 2. The van der Waals surface area contributed by atoms with Crippen molar-refractivity contribution < 1.29 is 9.59 Å². The van der Waals surface area contributed by atoms with Gasteiger partial charge in [0.25, 0.3) is 5.91 Å². The molecule has 4 N–H and O–H groups in total. The molecule has 0 unspecified atom stereocenters. The summed E-state index contributed by atoms with van der Waals surface area (Å²) in [5.41, 5.74) is 8.49. The number of carbonyl (C=O) groups excluding carboxylic acids is 2. The maximum Gasteiger partial charge on any atom is 0.253 e. The largest absolute Gasteiger partial charge is 0.366 e. The molecule has 7 heteroatoms. The summed E-state index contributed by atoms with van der Waals surface area (Å²) < 4.78 is 0. The number of nitrogens with zero attached hydrogens (tertiary/aromatic N) is 2. The third-order valence-electron chi connectivity index (χ3n) is 4.18. The molecule has 0 fully saturated rings. The van der Waals surface area contributed by atoms with E-state index in [1.165, 1.54) is 0 Å². The highest BCUT2D eigenvalue weighted by molar-refractivity contribution is 5.94. The van der Waals surface area contributed by atoms with E-state index in [1.54, 1.807) is 44.2 Å². The zero-order valence-electron chi connectivity index (χ0n) is 16.5. The molecule has 0 saturated carbocycles. The number of guanidine groups is 1. The summed E-state index contributed by atoms with van der Waals surface area (Å²) in [6, 6.07) is 14.8. The molecule has 7 nitrogen and oxygen atoms in total. The number of amides is 2. The van der Waals surface area contributed by atoms with Gasteiger partial charge < -0.3 is 21.3 Å². The number of rotatable bonds is 7. The summed E-state index contributed by atoms with van der Waals surface area (Å²) in [6.07, 6.45) is 0.756. The number of aliphatic imine (C=N–C) groups is 1. The number of nitrogens with two attached hydrogens (primary N) is 1. The highest BCUT2D eigenvalue weighted by atomic mass is 16.2. The van der Waals surface area contributed by atoms with E-state index in [-0.39, 0.29) is 5.91 Å². The van der Waals surface area contributed by atoms with Crippen LogP contribution in [-0.4, -0.2) is 50.4 Å². The van der Waals surface area contributed by atoms with Crippen molar-refractivity contribution in [2.75, 3.05) is 27.7 Å². The molecular weight excluding hydrogens is 354 g/mol. The maximum absolute atomic E-state index is 12.1. The van der Waals surface area contributed by atoms with Gasteiger partial charge in [0, 0.05) is 45.4 Å². The second-order valence-electron chi connectivity index (χ2n) is 6.57. The minimum Gasteiger partial charge on any atom is -0.366 e. The molecule has 0 heterocycles. The molecule has 2 amide bonds. The first-order valence-corrected chi connectivity index (χ1v) is 9.04. The third-order valence-corrected chi connectivity index (χ3v) is 4.18. The fourth-order valence-corrected chi connectivity index (χ4v) is 2.68. The maximum atomic E-state index is 12.1. The fourth-order valence-electron chi connectivity index (χ4n) is 2.68. The van der Waals surface area contributed by atoms with Crippen LogP contribution in [-0.2, 0) is 13.0 Å². The minimum atomic E-state index is -0.445. The van der Waals surface area contributed by atoms with Crippen molar-refractivity contribution in [3.05, 3.63) is 70.8 Å². The Morgan fingerprint density at radius 2 is 1.64 bits per heavy atom. The van der Waals surface area contributed by atoms with Crippen LogP contribution in [0.25, 0.3) is 0 Å². The molecule has 148 valence electrons. The standard InChI is InChI=1S/C21H27N5O2/c1-23-21(25-14-16-7-5-8-17(13-16)19(22)27)24-11-10-15-6-4-9-18(12-15)20(28)26(2)3/h4-9,12-13H,10-11,14H2,1-3H3,(H2,22,27)(H2,23,24,25). The Kier molecular flexibility index (Phi) is 7.56. The molecule has 0 bridgehead atoms. The monoisotopic (exact) mass is 381 g/mol. The van der Waals surface area contributed by atoms with Crippen LogP contribution in [0, 0.1) is 0 Å². The molecule has 0 aliphatic heterocycles. The van der Waals surface area contributed by atoms with Gasteiger partial charge in [-0.2, -0.15) is 0 Å². The first kappa shape index (κ1) is 21.0. The van der Waals surface area contributed by atoms with Gasteiger partial charge in [0.1, 0.15) is 0 Å². The number of nitrogens with one attached hydrogen (secondary N) is 2. The first-order chi connectivity index (χ1) is 13.4. The molecule has 28 heavy (non-hydrogen) atoms. The second kappa shape index (κ2) is 10.1. The van der Waals surface area contributed by atoms with Crippen molar-refractivity contribution in [3.63, 3.8) is 0 Å². The van der Waals surface area contributed by atoms with Crippen molar-refractivity contribution in [1.82, 2.24) is 15.5 Å². The Morgan fingerprint density at radius 3 is 2.29 bits per heavy atom. The van der Waals surface area contributed by atoms with Crippen molar-refractivity contribution in [1.29, 1.82) is 0 Å². The molecule has 2 aromatic rings. The molecular formula is C21H27N5O2. The highest BCUT2D eigenvalue weighted by Gasteiger charge is 2.08. The lowest BCUT2D eigenvalue weighted by molar-refractivity contribution is 0.0827. The average molecular weight is 381 g/mol. The molecule has 0 atom stereocenters. The quantitative estimate of drug-likeness (QED) is 0.498. The lowest BCUT2D eigenvalue weighted by Gasteiger charge is -2.13. The van der Waals surface area contributed by atoms with Gasteiger partial charge in [-0.3, -0.25) is 14.6 Å². The molecule has 0 aliphatic rings. The molecule has 0 saturated heterocycles. The Labute approximate surface area is 165 Å². The predicted octanol–water partition coefficient (Wildman–Crippen LogP) is 1.40. The summed E-state index contributed by atoms with van der Waals surface area (Å²) in [4.78, 5) is 29.1. The normalized spacial score (nSPS) is 11.0. The van der Waals surface area contributed by atoms with Crippen LogP contribution in [0.4, 0.5) is 0 Å². The Morgan fingerprint density at radius 1 is 1.00 bits per heavy atom. The van der Waals surface area contributed by atoms with Crippen LogP contribution >= 0.6 is 0 Å². The van der Waals surface area contributed by atoms with Crippen LogP contribution in [0.3, 0.4) is 0 Å². The molecule has 0 spiro atoms. The molecule has 2 aromatic carbocycles. The van der Waals surface area contributed by atoms with E-state index in [1.807, 2.05) is 30.3 Å². The summed E-state index contributed by atoms with van der Waals surface area (Å²) in [5, 5.41) is 6.46. The number of benzene rings is 2. The lowest BCUT2D eigenvalue weighted by Crippen LogP contribution is -2.37. The lowest BCUT2D eigenvalue weighted by atomic mass is 10.1. The van der Waals surface area contributed by atoms with Crippen molar-refractivity contribution in [2.45, 2.75) is 13.0 Å². The summed E-state index contributed by atoms with van der Waals surface area (Å²) in [5.74, 6) is 0.204. The summed E-state index contributed by atoms with van der Waals surface area (Å²) >= 11 is 0. The van der Waals surface area contributed by atoms with Gasteiger partial charge in [0.15, 0.2) is 5.96 Å². The van der Waals surface area contributed by atoms with Gasteiger partial charge >= 0.3 is 0 Å². The van der Waals surface area contributed by atoms with Crippen molar-refractivity contribution in [2.24, 2.45) is 10.7 Å². The number of hydrogen-bond donors (Lipinski definition) is 3. The molecule has 2 rings (SSSR count). The van der Waals surface area contributed by atoms with Gasteiger partial charge in [0.2, 0.25) is 5.91 Å². The van der Waals surface area contributed by atoms with E-state index in [0.717, 1.165) is 17.5 Å². The van der Waals surface area contributed by atoms with E-state index in [9.17, 15) is 9.59 Å². The van der Waals surface area contributed by atoms with Gasteiger partial charge in [-0.05, 0) is 41.8 Å². The van der Waals surface area contributed by atoms with Crippen LogP contribution in [0.1, 0.15) is 31.8 Å². The van der Waals surface area contributed by atoms with Gasteiger partial charge in [0.05, 0.1) is 0 Å². The molecule has 0 aromatic heterocycles. The van der Waals surface area contributed by atoms with Crippen molar-refractivity contribution in [3.8, 4) is 0 Å². The second-order valence-corrected chi connectivity index (χ2v) is 6.57. The topological polar surface area (TPSA) is 99.8 Å². The van der Waals surface area contributed by atoms with Gasteiger partial charge in [-0.15, -0.1) is 0 Å². The van der Waals surface area contributed by atoms with E-state index in [0.29, 0.717) is 30.2 Å². The van der Waals surface area contributed by atoms with Crippen LogP contribution in [0.5, 0.6) is 0 Å². The van der Waals surface area contributed by atoms with E-state index < -0.39 is 5.91 Å². The minimum absolute atomic E-state index is 0.00882. The van der Waals surface area contributed by atoms with E-state index in [2.05, 4.69) is 15.6 Å². The summed E-state index contributed by atoms with van der Waals surface area (Å²) in [7, 11) is 5.18. The Hall–Kier alpha value is -3.35. The first-order valence-electron chi connectivity index (χ1n) is 9.04. The van der Waals surface area contributed by atoms with Gasteiger partial charge in [-0.25, -0.2) is 0 Å². The number of primary amides is 1. The smallest absolute Gasteiger partial charge is 0.253 e. The zero-order valence-corrected chi connectivity index (χ0v) is 16.5. The molecule has 0 radical (unpaired) electrons. The Bertz CT molecular complexity index is 861. The summed E-state index contributed by atoms with van der Waals surface area (Å²) in [6.45, 7) is 1.19. The van der Waals surface area contributed by atoms with E-state index in [4.69, 9.17) is 5.73 Å². The van der Waals surface area contributed by atoms with E-state index >= 15 is 0 Å². The fraction of sp³-hybridized carbons (Fsp3) is 0.286. The van der Waals surface area contributed by atoms with Crippen LogP contribution in [0.2, 0.25) is 0 Å².